The number of carboxylic acid groups (broad SMARTS) is 1. The van der Waals surface area contributed by atoms with Gasteiger partial charge in [-0.1, -0.05) is 46.9 Å². The summed E-state index contributed by atoms with van der Waals surface area (Å²) in [7, 11) is 0. The second-order valence-corrected chi connectivity index (χ2v) is 11.4. The van der Waals surface area contributed by atoms with Gasteiger partial charge in [0.2, 0.25) is 0 Å². The molecule has 0 saturated carbocycles. The first-order valence-electron chi connectivity index (χ1n) is 13.0. The summed E-state index contributed by atoms with van der Waals surface area (Å²) in [4.78, 5) is 31.5. The number of nitrogens with zero attached hydrogens (tertiary/aromatic N) is 2. The predicted octanol–water partition coefficient (Wildman–Crippen LogP) is 9.13. The summed E-state index contributed by atoms with van der Waals surface area (Å²) in [5, 5.41) is 11.0. The van der Waals surface area contributed by atoms with Crippen molar-refractivity contribution in [3.05, 3.63) is 122 Å². The van der Waals surface area contributed by atoms with Crippen LogP contribution in [0.3, 0.4) is 0 Å². The fourth-order valence-corrected chi connectivity index (χ4v) is 5.64. The molecule has 5 rings (SSSR count). The number of thioether (sulfide) groups is 1. The molecular weight excluding hydrogens is 631 g/mol. The van der Waals surface area contributed by atoms with Crippen molar-refractivity contribution < 1.29 is 24.2 Å². The number of aromatic carboxylic acids is 1. The van der Waals surface area contributed by atoms with Crippen LogP contribution in [0.5, 0.6) is 11.5 Å². The second-order valence-electron chi connectivity index (χ2n) is 9.15. The quantitative estimate of drug-likeness (QED) is 0.181. The lowest BCUT2D eigenvalue weighted by Gasteiger charge is -2.16. The molecule has 0 aliphatic carbocycles. The number of carbonyl (C=O) groups is 2. The van der Waals surface area contributed by atoms with Gasteiger partial charge in [0, 0.05) is 10.0 Å². The van der Waals surface area contributed by atoms with Crippen LogP contribution in [-0.2, 0) is 11.4 Å². The van der Waals surface area contributed by atoms with E-state index in [1.165, 1.54) is 28.8 Å². The molecule has 11 heteroatoms. The van der Waals surface area contributed by atoms with Crippen molar-refractivity contribution in [1.82, 2.24) is 0 Å². The molecule has 1 heterocycles. The third kappa shape index (κ3) is 7.35. The van der Waals surface area contributed by atoms with E-state index >= 15 is 0 Å². The van der Waals surface area contributed by atoms with Gasteiger partial charge in [-0.3, -0.25) is 9.69 Å². The van der Waals surface area contributed by atoms with Crippen LogP contribution in [0, 0.1) is 0 Å². The summed E-state index contributed by atoms with van der Waals surface area (Å²) < 4.78 is 11.8. The van der Waals surface area contributed by atoms with Crippen molar-refractivity contribution in [2.45, 2.75) is 13.5 Å². The highest BCUT2D eigenvalue weighted by molar-refractivity contribution is 8.19. The van der Waals surface area contributed by atoms with E-state index in [2.05, 4.69) is 0 Å². The zero-order chi connectivity index (χ0) is 30.5. The standard InChI is InChI=1S/C32H23Cl3N2O5S/c1-2-41-27-16-20(15-26(35)29(27)42-18-19-3-5-21(6-4-19)31(39)40)17-28-30(38)37(25-13-9-23(34)10-14-25)32(43-28)36-24-11-7-22(33)8-12-24/h3-17H,2,18H2,1H3,(H,39,40)/b28-17-,36-32?. The van der Waals surface area contributed by atoms with Gasteiger partial charge < -0.3 is 14.6 Å². The molecule has 7 nitrogen and oxygen atoms in total. The number of anilines is 1. The van der Waals surface area contributed by atoms with Crippen molar-refractivity contribution in [3.8, 4) is 11.5 Å². The largest absolute Gasteiger partial charge is 0.490 e. The summed E-state index contributed by atoms with van der Waals surface area (Å²) in [6, 6.07) is 23.8. The van der Waals surface area contributed by atoms with Crippen molar-refractivity contribution >= 4 is 81.1 Å². The van der Waals surface area contributed by atoms with E-state index in [1.807, 2.05) is 6.92 Å². The minimum Gasteiger partial charge on any atom is -0.490 e. The molecule has 1 saturated heterocycles. The van der Waals surface area contributed by atoms with E-state index in [1.54, 1.807) is 78.9 Å². The molecule has 0 bridgehead atoms. The Morgan fingerprint density at radius 3 is 2.21 bits per heavy atom. The first-order chi connectivity index (χ1) is 20.7. The molecular formula is C32H23Cl3N2O5S. The smallest absolute Gasteiger partial charge is 0.335 e. The van der Waals surface area contributed by atoms with Gasteiger partial charge in [0.15, 0.2) is 16.7 Å². The average molecular weight is 654 g/mol. The highest BCUT2D eigenvalue weighted by Gasteiger charge is 2.35. The van der Waals surface area contributed by atoms with Crippen molar-refractivity contribution in [1.29, 1.82) is 0 Å². The van der Waals surface area contributed by atoms with Gasteiger partial charge in [0.1, 0.15) is 6.61 Å². The van der Waals surface area contributed by atoms with Gasteiger partial charge in [-0.2, -0.15) is 0 Å². The maximum absolute atomic E-state index is 13.7. The van der Waals surface area contributed by atoms with Crippen LogP contribution in [0.2, 0.25) is 15.1 Å². The van der Waals surface area contributed by atoms with E-state index in [-0.39, 0.29) is 18.1 Å². The number of amides is 1. The average Bonchev–Trinajstić information content (AvgIpc) is 3.28. The minimum absolute atomic E-state index is 0.148. The zero-order valence-electron chi connectivity index (χ0n) is 22.6. The minimum atomic E-state index is -1.00. The summed E-state index contributed by atoms with van der Waals surface area (Å²) in [5.74, 6) is -0.521. The molecule has 4 aromatic rings. The lowest BCUT2D eigenvalue weighted by Crippen LogP contribution is -2.28. The molecule has 0 atom stereocenters. The Morgan fingerprint density at radius 2 is 1.58 bits per heavy atom. The number of aliphatic imine (C=N–C) groups is 1. The zero-order valence-corrected chi connectivity index (χ0v) is 25.7. The molecule has 4 aromatic carbocycles. The lowest BCUT2D eigenvalue weighted by atomic mass is 10.1. The maximum atomic E-state index is 13.7. The predicted molar refractivity (Wildman–Crippen MR) is 173 cm³/mol. The van der Waals surface area contributed by atoms with Crippen molar-refractivity contribution in [3.63, 3.8) is 0 Å². The molecule has 43 heavy (non-hydrogen) atoms. The number of hydrogen-bond donors (Lipinski definition) is 1. The number of carboxylic acids is 1. The highest BCUT2D eigenvalue weighted by atomic mass is 35.5. The fraction of sp³-hybridized carbons (Fsp3) is 0.0938. The van der Waals surface area contributed by atoms with E-state index in [0.29, 0.717) is 60.2 Å². The third-order valence-electron chi connectivity index (χ3n) is 6.16. The molecule has 218 valence electrons. The summed E-state index contributed by atoms with van der Waals surface area (Å²) >= 11 is 20.0. The van der Waals surface area contributed by atoms with E-state index in [0.717, 1.165) is 5.56 Å². The second kappa shape index (κ2) is 13.6. The van der Waals surface area contributed by atoms with Crippen LogP contribution in [0.25, 0.3) is 6.08 Å². The first-order valence-corrected chi connectivity index (χ1v) is 14.9. The van der Waals surface area contributed by atoms with Gasteiger partial charge in [0.05, 0.1) is 33.5 Å². The maximum Gasteiger partial charge on any atom is 0.335 e. The van der Waals surface area contributed by atoms with Crippen LogP contribution in [0.1, 0.15) is 28.4 Å². The highest BCUT2D eigenvalue weighted by Crippen LogP contribution is 2.41. The lowest BCUT2D eigenvalue weighted by molar-refractivity contribution is -0.113. The Hall–Kier alpha value is -3.95. The number of benzene rings is 4. The van der Waals surface area contributed by atoms with E-state index < -0.39 is 5.97 Å². The molecule has 1 fully saturated rings. The SMILES string of the molecule is CCOc1cc(/C=C2\SC(=Nc3ccc(Cl)cc3)N(c3ccc(Cl)cc3)C2=O)cc(Cl)c1OCc1ccc(C(=O)O)cc1. The number of amidine groups is 1. The molecule has 1 N–H and O–H groups in total. The first kappa shape index (κ1) is 30.5. The summed E-state index contributed by atoms with van der Waals surface area (Å²) in [6.45, 7) is 2.35. The van der Waals surface area contributed by atoms with Crippen LogP contribution in [0.15, 0.2) is 94.8 Å². The normalized spacial score (nSPS) is 14.9. The Balaban J connectivity index is 1.45. The van der Waals surface area contributed by atoms with Gasteiger partial charge in [-0.15, -0.1) is 0 Å². The monoisotopic (exact) mass is 652 g/mol. The topological polar surface area (TPSA) is 88.4 Å². The van der Waals surface area contributed by atoms with E-state index in [4.69, 9.17) is 54.4 Å². The van der Waals surface area contributed by atoms with Gasteiger partial charge >= 0.3 is 5.97 Å². The van der Waals surface area contributed by atoms with Gasteiger partial charge in [-0.25, -0.2) is 9.79 Å². The molecule has 0 unspecified atom stereocenters. The van der Waals surface area contributed by atoms with Crippen LogP contribution in [0.4, 0.5) is 11.4 Å². The van der Waals surface area contributed by atoms with Gasteiger partial charge in [-0.05, 0) is 109 Å². The van der Waals surface area contributed by atoms with Gasteiger partial charge in [0.25, 0.3) is 5.91 Å². The molecule has 1 aliphatic heterocycles. The molecule has 0 radical (unpaired) electrons. The molecule has 1 amide bonds. The van der Waals surface area contributed by atoms with Crippen LogP contribution >= 0.6 is 46.6 Å². The Bertz CT molecular complexity index is 1720. The summed E-state index contributed by atoms with van der Waals surface area (Å²) in [6.07, 6.45) is 1.73. The van der Waals surface area contributed by atoms with Crippen molar-refractivity contribution in [2.75, 3.05) is 11.5 Å². The number of ether oxygens (including phenoxy) is 2. The Labute approximate surface area is 267 Å². The van der Waals surface area contributed by atoms with E-state index in [9.17, 15) is 9.59 Å². The fourth-order valence-electron chi connectivity index (χ4n) is 4.12. The Morgan fingerprint density at radius 1 is 0.930 bits per heavy atom. The van der Waals surface area contributed by atoms with Crippen LogP contribution in [-0.4, -0.2) is 28.8 Å². The molecule has 0 aromatic heterocycles. The van der Waals surface area contributed by atoms with Crippen LogP contribution < -0.4 is 14.4 Å². The number of hydrogen-bond acceptors (Lipinski definition) is 6. The van der Waals surface area contributed by atoms with Crippen molar-refractivity contribution in [2.24, 2.45) is 4.99 Å². The molecule has 1 aliphatic rings. The molecule has 0 spiro atoms. The number of carbonyl (C=O) groups excluding carboxylic acids is 1. The number of halogens is 3. The number of rotatable bonds is 9. The summed E-state index contributed by atoms with van der Waals surface area (Å²) in [5.41, 5.74) is 2.83. The third-order valence-corrected chi connectivity index (χ3v) is 7.91. The Kier molecular flexibility index (Phi) is 9.62.